The van der Waals surface area contributed by atoms with Crippen molar-refractivity contribution in [1.29, 1.82) is 0 Å². The molecule has 0 aromatic carbocycles. The molecule has 96 valence electrons. The van der Waals surface area contributed by atoms with E-state index in [0.717, 1.165) is 24.5 Å². The van der Waals surface area contributed by atoms with E-state index in [1.807, 2.05) is 31.2 Å². The lowest BCUT2D eigenvalue weighted by Gasteiger charge is -2.24. The van der Waals surface area contributed by atoms with E-state index in [0.29, 0.717) is 6.04 Å². The Morgan fingerprint density at radius 1 is 1.41 bits per heavy atom. The van der Waals surface area contributed by atoms with Crippen molar-refractivity contribution < 1.29 is 0 Å². The Labute approximate surface area is 108 Å². The number of aromatic nitrogens is 2. The molecule has 1 aromatic rings. The molecule has 0 amide bonds. The van der Waals surface area contributed by atoms with Crippen molar-refractivity contribution in [3.05, 3.63) is 18.0 Å². The van der Waals surface area contributed by atoms with Crippen LogP contribution < -0.4 is 10.2 Å². The monoisotopic (exact) mass is 254 g/mol. The Morgan fingerprint density at radius 3 is 2.59 bits per heavy atom. The molecule has 5 heteroatoms. The largest absolute Gasteiger partial charge is 0.341 e. The molecule has 0 fully saturated rings. The minimum Gasteiger partial charge on any atom is -0.341 e. The van der Waals surface area contributed by atoms with Crippen LogP contribution >= 0.6 is 11.8 Å². The Hall–Kier alpha value is -0.810. The summed E-state index contributed by atoms with van der Waals surface area (Å²) in [6.45, 7) is 3.02. The lowest BCUT2D eigenvalue weighted by molar-refractivity contribution is 0.652. The first-order chi connectivity index (χ1) is 8.19. The first-order valence-electron chi connectivity index (χ1n) is 5.86. The van der Waals surface area contributed by atoms with E-state index in [1.165, 1.54) is 5.75 Å². The van der Waals surface area contributed by atoms with E-state index >= 15 is 0 Å². The summed E-state index contributed by atoms with van der Waals surface area (Å²) >= 11 is 1.88. The molecule has 4 nitrogen and oxygen atoms in total. The Bertz CT molecular complexity index is 315. The molecule has 0 aliphatic heterocycles. The second-order valence-corrected chi connectivity index (χ2v) is 5.15. The predicted molar refractivity (Wildman–Crippen MR) is 75.7 cm³/mol. The number of rotatable bonds is 7. The minimum atomic E-state index is 0.470. The molecule has 1 unspecified atom stereocenters. The Morgan fingerprint density at radius 2 is 2.06 bits per heavy atom. The third-order valence-electron chi connectivity index (χ3n) is 2.79. The van der Waals surface area contributed by atoms with Crippen molar-refractivity contribution in [2.75, 3.05) is 31.0 Å². The lowest BCUT2D eigenvalue weighted by atomic mass is 10.2. The zero-order valence-corrected chi connectivity index (χ0v) is 11.9. The average Bonchev–Trinajstić information content (AvgIpc) is 2.36. The molecule has 1 heterocycles. The van der Waals surface area contributed by atoms with Crippen molar-refractivity contribution in [3.8, 4) is 0 Å². The molecular formula is C12H22N4S. The summed E-state index contributed by atoms with van der Waals surface area (Å²) in [7, 11) is 3.97. The maximum absolute atomic E-state index is 4.39. The van der Waals surface area contributed by atoms with E-state index in [9.17, 15) is 0 Å². The van der Waals surface area contributed by atoms with E-state index in [-0.39, 0.29) is 0 Å². The summed E-state index contributed by atoms with van der Waals surface area (Å²) in [5.41, 5.74) is 1.11. The van der Waals surface area contributed by atoms with E-state index < -0.39 is 0 Å². The van der Waals surface area contributed by atoms with Gasteiger partial charge in [-0.25, -0.2) is 9.97 Å². The number of hydrogen-bond donors (Lipinski definition) is 1. The predicted octanol–water partition coefficient (Wildman–Crippen LogP) is 1.77. The van der Waals surface area contributed by atoms with Crippen LogP contribution in [-0.2, 0) is 6.54 Å². The van der Waals surface area contributed by atoms with Crippen LogP contribution in [0.2, 0.25) is 0 Å². The molecule has 1 aromatic heterocycles. The van der Waals surface area contributed by atoms with Gasteiger partial charge in [-0.2, -0.15) is 11.8 Å². The number of thioether (sulfide) groups is 1. The highest BCUT2D eigenvalue weighted by atomic mass is 32.2. The second-order valence-electron chi connectivity index (χ2n) is 4.16. The van der Waals surface area contributed by atoms with Crippen molar-refractivity contribution >= 4 is 17.7 Å². The SMILES string of the molecule is CNCc1cnc(N(C)C(C)CCSC)nc1. The van der Waals surface area contributed by atoms with Crippen LogP contribution in [0.4, 0.5) is 5.95 Å². The summed E-state index contributed by atoms with van der Waals surface area (Å²) in [5.74, 6) is 1.97. The van der Waals surface area contributed by atoms with Gasteiger partial charge in [-0.05, 0) is 32.4 Å². The first-order valence-corrected chi connectivity index (χ1v) is 7.25. The highest BCUT2D eigenvalue weighted by Crippen LogP contribution is 2.12. The molecule has 17 heavy (non-hydrogen) atoms. The molecule has 0 aliphatic rings. The van der Waals surface area contributed by atoms with Gasteiger partial charge in [0, 0.05) is 37.6 Å². The number of nitrogens with zero attached hydrogens (tertiary/aromatic N) is 3. The van der Waals surface area contributed by atoms with Crippen molar-refractivity contribution in [3.63, 3.8) is 0 Å². The maximum Gasteiger partial charge on any atom is 0.225 e. The summed E-state index contributed by atoms with van der Waals surface area (Å²) in [6, 6.07) is 0.470. The fourth-order valence-electron chi connectivity index (χ4n) is 1.50. The lowest BCUT2D eigenvalue weighted by Crippen LogP contribution is -2.30. The molecule has 0 aliphatic carbocycles. The molecule has 1 N–H and O–H groups in total. The van der Waals surface area contributed by atoms with Crippen LogP contribution in [0.3, 0.4) is 0 Å². The van der Waals surface area contributed by atoms with E-state index in [4.69, 9.17) is 0 Å². The second kappa shape index (κ2) is 7.50. The number of hydrogen-bond acceptors (Lipinski definition) is 5. The Kier molecular flexibility index (Phi) is 6.29. The number of nitrogens with one attached hydrogen (secondary N) is 1. The quantitative estimate of drug-likeness (QED) is 0.803. The average molecular weight is 254 g/mol. The highest BCUT2D eigenvalue weighted by Gasteiger charge is 2.11. The van der Waals surface area contributed by atoms with Gasteiger partial charge in [0.15, 0.2) is 0 Å². The van der Waals surface area contributed by atoms with Crippen LogP contribution in [0.1, 0.15) is 18.9 Å². The molecular weight excluding hydrogens is 232 g/mol. The smallest absolute Gasteiger partial charge is 0.225 e. The fraction of sp³-hybridized carbons (Fsp3) is 0.667. The van der Waals surface area contributed by atoms with Gasteiger partial charge in [-0.3, -0.25) is 0 Å². The zero-order valence-electron chi connectivity index (χ0n) is 11.1. The van der Waals surface area contributed by atoms with Crippen LogP contribution in [0.5, 0.6) is 0 Å². The molecule has 0 radical (unpaired) electrons. The van der Waals surface area contributed by atoms with Crippen molar-refractivity contribution in [1.82, 2.24) is 15.3 Å². The summed E-state index contributed by atoms with van der Waals surface area (Å²) in [5, 5.41) is 3.09. The van der Waals surface area contributed by atoms with Gasteiger partial charge < -0.3 is 10.2 Å². The fourth-order valence-corrected chi connectivity index (χ4v) is 2.08. The van der Waals surface area contributed by atoms with Crippen LogP contribution in [0.15, 0.2) is 12.4 Å². The van der Waals surface area contributed by atoms with Gasteiger partial charge in [0.2, 0.25) is 5.95 Å². The third kappa shape index (κ3) is 4.52. The van der Waals surface area contributed by atoms with Crippen LogP contribution in [0, 0.1) is 0 Å². The molecule has 0 saturated heterocycles. The van der Waals surface area contributed by atoms with Crippen molar-refractivity contribution in [2.45, 2.75) is 25.9 Å². The summed E-state index contributed by atoms with van der Waals surface area (Å²) < 4.78 is 0. The molecule has 0 saturated carbocycles. The summed E-state index contributed by atoms with van der Waals surface area (Å²) in [6.07, 6.45) is 7.06. The van der Waals surface area contributed by atoms with Crippen molar-refractivity contribution in [2.24, 2.45) is 0 Å². The standard InChI is InChI=1S/C12H22N4S/c1-10(5-6-17-4)16(3)12-14-8-11(7-13-2)9-15-12/h8-10,13H,5-7H2,1-4H3. The first kappa shape index (κ1) is 14.3. The van der Waals surface area contributed by atoms with Gasteiger partial charge in [-0.1, -0.05) is 0 Å². The highest BCUT2D eigenvalue weighted by molar-refractivity contribution is 7.98. The maximum atomic E-state index is 4.39. The minimum absolute atomic E-state index is 0.470. The topological polar surface area (TPSA) is 41.1 Å². The summed E-state index contributed by atoms with van der Waals surface area (Å²) in [4.78, 5) is 10.9. The van der Waals surface area contributed by atoms with Gasteiger partial charge in [0.1, 0.15) is 0 Å². The van der Waals surface area contributed by atoms with E-state index in [2.05, 4.69) is 40.4 Å². The third-order valence-corrected chi connectivity index (χ3v) is 3.43. The van der Waals surface area contributed by atoms with Crippen LogP contribution in [-0.4, -0.2) is 42.1 Å². The molecule has 1 atom stereocenters. The molecule has 0 spiro atoms. The van der Waals surface area contributed by atoms with Crippen LogP contribution in [0.25, 0.3) is 0 Å². The normalized spacial score (nSPS) is 12.5. The molecule has 0 bridgehead atoms. The van der Waals surface area contributed by atoms with Gasteiger partial charge in [-0.15, -0.1) is 0 Å². The molecule has 1 rings (SSSR count). The van der Waals surface area contributed by atoms with Gasteiger partial charge >= 0.3 is 0 Å². The van der Waals surface area contributed by atoms with Gasteiger partial charge in [0.05, 0.1) is 0 Å². The zero-order chi connectivity index (χ0) is 12.7. The Balaban J connectivity index is 2.58. The van der Waals surface area contributed by atoms with E-state index in [1.54, 1.807) is 0 Å². The number of anilines is 1. The van der Waals surface area contributed by atoms with Gasteiger partial charge in [0.25, 0.3) is 0 Å².